The summed E-state index contributed by atoms with van der Waals surface area (Å²) < 4.78 is 0. The molecule has 8 nitrogen and oxygen atoms in total. The molecule has 8 heteroatoms. The first kappa shape index (κ1) is 18.8. The third-order valence-corrected chi connectivity index (χ3v) is 5.38. The minimum Gasteiger partial charge on any atom is -0.393 e. The van der Waals surface area contributed by atoms with Gasteiger partial charge in [0.15, 0.2) is 0 Å². The normalized spacial score (nSPS) is 32.0. The highest BCUT2D eigenvalue weighted by Crippen LogP contribution is 2.30. The lowest BCUT2D eigenvalue weighted by Gasteiger charge is -2.34. The molecular formula is C18H29N5O3. The molecule has 1 aromatic heterocycles. The number of nitrogens with one attached hydrogen (secondary N) is 2. The van der Waals surface area contributed by atoms with Gasteiger partial charge in [0.1, 0.15) is 5.82 Å². The number of hydrogen-bond acceptors (Lipinski definition) is 7. The molecule has 1 unspecified atom stereocenters. The van der Waals surface area contributed by atoms with Crippen molar-refractivity contribution in [3.8, 4) is 0 Å². The van der Waals surface area contributed by atoms with Crippen molar-refractivity contribution in [1.29, 1.82) is 0 Å². The van der Waals surface area contributed by atoms with Crippen molar-refractivity contribution in [2.45, 2.75) is 82.1 Å². The Morgan fingerprint density at radius 1 is 1.23 bits per heavy atom. The number of nitrogens with zero attached hydrogens (tertiary/aromatic N) is 2. The van der Waals surface area contributed by atoms with E-state index in [9.17, 15) is 15.0 Å². The summed E-state index contributed by atoms with van der Waals surface area (Å²) in [6.45, 7) is 1.83. The highest BCUT2D eigenvalue weighted by atomic mass is 16.3. The fourth-order valence-corrected chi connectivity index (χ4v) is 3.93. The molecule has 1 heterocycles. The monoisotopic (exact) mass is 363 g/mol. The number of carbonyl (C=O) groups is 1. The molecule has 2 atom stereocenters. The average molecular weight is 363 g/mol. The van der Waals surface area contributed by atoms with Gasteiger partial charge in [-0.3, -0.25) is 4.79 Å². The molecule has 26 heavy (non-hydrogen) atoms. The van der Waals surface area contributed by atoms with Gasteiger partial charge in [-0.25, -0.2) is 4.98 Å². The second kappa shape index (κ2) is 7.75. The lowest BCUT2D eigenvalue weighted by atomic mass is 9.83. The van der Waals surface area contributed by atoms with E-state index in [1.54, 1.807) is 0 Å². The van der Waals surface area contributed by atoms with E-state index in [1.165, 1.54) is 6.20 Å². The molecular weight excluding hydrogens is 334 g/mol. The lowest BCUT2D eigenvalue weighted by molar-refractivity contribution is 0.0182. The fraction of sp³-hybridized carbons (Fsp3) is 0.722. The van der Waals surface area contributed by atoms with E-state index in [-0.39, 0.29) is 23.8 Å². The molecule has 0 spiro atoms. The largest absolute Gasteiger partial charge is 0.393 e. The molecule has 1 aromatic rings. The van der Waals surface area contributed by atoms with Crippen molar-refractivity contribution < 1.29 is 15.0 Å². The Morgan fingerprint density at radius 3 is 2.62 bits per heavy atom. The first-order valence-corrected chi connectivity index (χ1v) is 9.43. The molecule has 2 aliphatic rings. The predicted molar refractivity (Wildman–Crippen MR) is 98.9 cm³/mol. The number of amides is 1. The van der Waals surface area contributed by atoms with Crippen LogP contribution in [0, 0.1) is 0 Å². The van der Waals surface area contributed by atoms with Crippen molar-refractivity contribution in [2.24, 2.45) is 5.73 Å². The Labute approximate surface area is 153 Å². The van der Waals surface area contributed by atoms with Crippen LogP contribution in [-0.2, 0) is 0 Å². The zero-order valence-electron chi connectivity index (χ0n) is 15.2. The smallest absolute Gasteiger partial charge is 0.254 e. The molecule has 2 saturated carbocycles. The molecule has 2 fully saturated rings. The number of carbonyl (C=O) groups excluding carboxylic acids is 1. The van der Waals surface area contributed by atoms with E-state index < -0.39 is 11.5 Å². The minimum absolute atomic E-state index is 0.0319. The SMILES string of the molecule is CC1(O)CCC[C@@H](Nc2nc(NC3CCC(O)CC3)ncc2C(N)=O)C1. The molecule has 2 aliphatic carbocycles. The quantitative estimate of drug-likeness (QED) is 0.534. The summed E-state index contributed by atoms with van der Waals surface area (Å²) in [7, 11) is 0. The average Bonchev–Trinajstić information content (AvgIpc) is 2.56. The van der Waals surface area contributed by atoms with Crippen molar-refractivity contribution in [2.75, 3.05) is 10.6 Å². The van der Waals surface area contributed by atoms with Crippen LogP contribution in [-0.4, -0.2) is 49.9 Å². The molecule has 0 radical (unpaired) electrons. The van der Waals surface area contributed by atoms with Crippen LogP contribution in [0.3, 0.4) is 0 Å². The second-order valence-corrected chi connectivity index (χ2v) is 7.90. The zero-order valence-corrected chi connectivity index (χ0v) is 15.2. The van der Waals surface area contributed by atoms with Crippen LogP contribution in [0.4, 0.5) is 11.8 Å². The van der Waals surface area contributed by atoms with Crippen LogP contribution in [0.25, 0.3) is 0 Å². The van der Waals surface area contributed by atoms with Gasteiger partial charge in [-0.2, -0.15) is 4.98 Å². The lowest BCUT2D eigenvalue weighted by Crippen LogP contribution is -2.38. The van der Waals surface area contributed by atoms with Crippen molar-refractivity contribution >= 4 is 17.7 Å². The summed E-state index contributed by atoms with van der Waals surface area (Å²) in [6, 6.07) is 0.241. The maximum absolute atomic E-state index is 11.7. The van der Waals surface area contributed by atoms with E-state index in [0.29, 0.717) is 18.2 Å². The fourth-order valence-electron chi connectivity index (χ4n) is 3.93. The van der Waals surface area contributed by atoms with Crippen molar-refractivity contribution in [1.82, 2.24) is 9.97 Å². The highest BCUT2D eigenvalue weighted by molar-refractivity contribution is 5.97. The van der Waals surface area contributed by atoms with E-state index in [0.717, 1.165) is 44.9 Å². The van der Waals surface area contributed by atoms with Crippen LogP contribution in [0.15, 0.2) is 6.20 Å². The van der Waals surface area contributed by atoms with Gasteiger partial charge in [0.05, 0.1) is 17.3 Å². The Hall–Kier alpha value is -1.93. The van der Waals surface area contributed by atoms with Gasteiger partial charge in [-0.15, -0.1) is 0 Å². The van der Waals surface area contributed by atoms with Crippen LogP contribution in [0.2, 0.25) is 0 Å². The Balaban J connectivity index is 1.73. The molecule has 0 saturated heterocycles. The second-order valence-electron chi connectivity index (χ2n) is 7.90. The molecule has 6 N–H and O–H groups in total. The van der Waals surface area contributed by atoms with Gasteiger partial charge in [-0.05, 0) is 58.3 Å². The maximum atomic E-state index is 11.7. The molecule has 0 bridgehead atoms. The van der Waals surface area contributed by atoms with Crippen LogP contribution >= 0.6 is 0 Å². The molecule has 144 valence electrons. The van der Waals surface area contributed by atoms with Gasteiger partial charge in [0.2, 0.25) is 5.95 Å². The molecule has 0 aliphatic heterocycles. The molecule has 1 amide bonds. The number of aromatic nitrogens is 2. The first-order chi connectivity index (χ1) is 12.3. The van der Waals surface area contributed by atoms with E-state index in [2.05, 4.69) is 20.6 Å². The number of aliphatic hydroxyl groups is 2. The third kappa shape index (κ3) is 4.82. The number of anilines is 2. The Morgan fingerprint density at radius 2 is 1.96 bits per heavy atom. The summed E-state index contributed by atoms with van der Waals surface area (Å²) in [6.07, 6.45) is 7.65. The Bertz CT molecular complexity index is 644. The number of aliphatic hydroxyl groups excluding tert-OH is 1. The van der Waals surface area contributed by atoms with Crippen molar-refractivity contribution in [3.05, 3.63) is 11.8 Å². The Kier molecular flexibility index (Phi) is 5.62. The highest BCUT2D eigenvalue weighted by Gasteiger charge is 2.31. The topological polar surface area (TPSA) is 133 Å². The molecule has 0 aromatic carbocycles. The van der Waals surface area contributed by atoms with Crippen LogP contribution in [0.1, 0.15) is 68.6 Å². The summed E-state index contributed by atoms with van der Waals surface area (Å²) in [5.41, 5.74) is 5.01. The minimum atomic E-state index is -0.708. The van der Waals surface area contributed by atoms with Gasteiger partial charge in [0, 0.05) is 18.3 Å². The van der Waals surface area contributed by atoms with Crippen LogP contribution in [0.5, 0.6) is 0 Å². The van der Waals surface area contributed by atoms with Crippen molar-refractivity contribution in [3.63, 3.8) is 0 Å². The number of primary amides is 1. The van der Waals surface area contributed by atoms with E-state index in [1.807, 2.05) is 6.92 Å². The van der Waals surface area contributed by atoms with Crippen LogP contribution < -0.4 is 16.4 Å². The summed E-state index contributed by atoms with van der Waals surface area (Å²) >= 11 is 0. The van der Waals surface area contributed by atoms with Gasteiger partial charge >= 0.3 is 0 Å². The van der Waals surface area contributed by atoms with Gasteiger partial charge < -0.3 is 26.6 Å². The summed E-state index contributed by atoms with van der Waals surface area (Å²) in [5.74, 6) is 0.275. The third-order valence-electron chi connectivity index (χ3n) is 5.38. The number of nitrogens with two attached hydrogens (primary N) is 1. The maximum Gasteiger partial charge on any atom is 0.254 e. The van der Waals surface area contributed by atoms with Gasteiger partial charge in [-0.1, -0.05) is 0 Å². The number of rotatable bonds is 5. The predicted octanol–water partition coefficient (Wildman–Crippen LogP) is 1.40. The summed E-state index contributed by atoms with van der Waals surface area (Å²) in [5, 5.41) is 26.5. The van der Waals surface area contributed by atoms with E-state index >= 15 is 0 Å². The summed E-state index contributed by atoms with van der Waals surface area (Å²) in [4.78, 5) is 20.4. The first-order valence-electron chi connectivity index (χ1n) is 9.43. The van der Waals surface area contributed by atoms with Gasteiger partial charge in [0.25, 0.3) is 5.91 Å². The van der Waals surface area contributed by atoms with E-state index in [4.69, 9.17) is 5.73 Å². The molecule has 3 rings (SSSR count). The number of hydrogen-bond donors (Lipinski definition) is 5. The standard InChI is InChI=1S/C18H29N5O3/c1-18(26)8-2-3-12(9-18)21-16-14(15(19)25)10-20-17(23-16)22-11-4-6-13(24)7-5-11/h10-13,24,26H,2-9H2,1H3,(H2,19,25)(H2,20,21,22,23)/t11?,12-,13?,18?/m1/s1. The zero-order chi connectivity index (χ0) is 18.7.